The molecule has 3 nitrogen and oxygen atoms in total. The van der Waals surface area contributed by atoms with Gasteiger partial charge in [-0.3, -0.25) is 9.78 Å². The number of carbonyl (C=O) groups is 1. The van der Waals surface area contributed by atoms with Gasteiger partial charge in [-0.05, 0) is 40.6 Å². The normalized spacial score (nSPS) is 16.9. The van der Waals surface area contributed by atoms with Crippen molar-refractivity contribution in [3.8, 4) is 0 Å². The van der Waals surface area contributed by atoms with E-state index < -0.39 is 0 Å². The van der Waals surface area contributed by atoms with E-state index in [9.17, 15) is 4.79 Å². The zero-order valence-corrected chi connectivity index (χ0v) is 13.4. The summed E-state index contributed by atoms with van der Waals surface area (Å²) in [5, 5.41) is 1.95. The van der Waals surface area contributed by atoms with Crippen molar-refractivity contribution in [1.82, 2.24) is 9.88 Å². The lowest BCUT2D eigenvalue weighted by Gasteiger charge is -2.37. The summed E-state index contributed by atoms with van der Waals surface area (Å²) < 4.78 is 0. The van der Waals surface area contributed by atoms with E-state index in [2.05, 4.69) is 29.2 Å². The summed E-state index contributed by atoms with van der Waals surface area (Å²) in [5.74, 6) is 0.100. The van der Waals surface area contributed by atoms with Gasteiger partial charge in [0.1, 0.15) is 0 Å². The Kier molecular flexibility index (Phi) is 3.67. The summed E-state index contributed by atoms with van der Waals surface area (Å²) in [5.41, 5.74) is 3.58. The predicted molar refractivity (Wildman–Crippen MR) is 91.6 cm³/mol. The van der Waals surface area contributed by atoms with Gasteiger partial charge in [0.2, 0.25) is 0 Å². The molecule has 3 aromatic rings. The van der Waals surface area contributed by atoms with E-state index in [1.54, 1.807) is 6.20 Å². The summed E-state index contributed by atoms with van der Waals surface area (Å²) >= 11 is 1.50. The first-order valence-corrected chi connectivity index (χ1v) is 8.55. The monoisotopic (exact) mass is 320 g/mol. The highest BCUT2D eigenvalue weighted by Crippen LogP contribution is 2.36. The van der Waals surface area contributed by atoms with Crippen molar-refractivity contribution < 1.29 is 4.79 Å². The maximum atomic E-state index is 13.0. The summed E-state index contributed by atoms with van der Waals surface area (Å²) in [6.45, 7) is 0.729. The molecule has 0 spiro atoms. The first-order valence-electron chi connectivity index (χ1n) is 7.67. The second-order valence-corrected chi connectivity index (χ2v) is 6.56. The third kappa shape index (κ3) is 2.55. The van der Waals surface area contributed by atoms with Gasteiger partial charge in [0.05, 0.1) is 10.9 Å². The van der Waals surface area contributed by atoms with Gasteiger partial charge in [0, 0.05) is 18.9 Å². The van der Waals surface area contributed by atoms with Crippen LogP contribution in [0, 0.1) is 0 Å². The molecule has 0 fully saturated rings. The number of rotatable bonds is 2. The van der Waals surface area contributed by atoms with Crippen molar-refractivity contribution in [3.63, 3.8) is 0 Å². The van der Waals surface area contributed by atoms with Gasteiger partial charge in [-0.2, -0.15) is 0 Å². The minimum absolute atomic E-state index is 0.0664. The minimum Gasteiger partial charge on any atom is -0.326 e. The quantitative estimate of drug-likeness (QED) is 0.717. The Morgan fingerprint density at radius 1 is 1.13 bits per heavy atom. The molecule has 0 saturated heterocycles. The lowest BCUT2D eigenvalue weighted by Crippen LogP contribution is -2.40. The molecule has 1 atom stereocenters. The molecule has 0 radical (unpaired) electrons. The van der Waals surface area contributed by atoms with Gasteiger partial charge < -0.3 is 4.90 Å². The Morgan fingerprint density at radius 2 is 2.04 bits per heavy atom. The van der Waals surface area contributed by atoms with Gasteiger partial charge in [-0.25, -0.2) is 0 Å². The van der Waals surface area contributed by atoms with Crippen LogP contribution in [0.25, 0.3) is 0 Å². The van der Waals surface area contributed by atoms with Crippen LogP contribution in [0.1, 0.15) is 32.4 Å². The molecule has 114 valence electrons. The smallest absolute Gasteiger partial charge is 0.264 e. The topological polar surface area (TPSA) is 33.2 Å². The molecule has 1 aliphatic heterocycles. The molecule has 1 unspecified atom stereocenters. The third-order valence-corrected chi connectivity index (χ3v) is 5.13. The van der Waals surface area contributed by atoms with E-state index in [0.29, 0.717) is 0 Å². The SMILES string of the molecule is O=C(c1cccs1)N1CCc2ccccc2C1c1cccnc1. The van der Waals surface area contributed by atoms with Crippen LogP contribution in [0.2, 0.25) is 0 Å². The van der Waals surface area contributed by atoms with Crippen LogP contribution in [0.15, 0.2) is 66.3 Å². The van der Waals surface area contributed by atoms with Crippen LogP contribution < -0.4 is 0 Å². The molecular weight excluding hydrogens is 304 g/mol. The van der Waals surface area contributed by atoms with Crippen LogP contribution >= 0.6 is 11.3 Å². The zero-order chi connectivity index (χ0) is 15.6. The highest BCUT2D eigenvalue weighted by atomic mass is 32.1. The molecule has 0 saturated carbocycles. The Hall–Kier alpha value is -2.46. The minimum atomic E-state index is -0.0664. The number of carbonyl (C=O) groups excluding carboxylic acids is 1. The van der Waals surface area contributed by atoms with Crippen LogP contribution in [-0.2, 0) is 6.42 Å². The van der Waals surface area contributed by atoms with E-state index in [1.165, 1.54) is 22.5 Å². The van der Waals surface area contributed by atoms with Gasteiger partial charge in [0.15, 0.2) is 0 Å². The summed E-state index contributed by atoms with van der Waals surface area (Å²) in [7, 11) is 0. The molecule has 1 aromatic carbocycles. The standard InChI is InChI=1S/C19H16N2OS/c22-19(17-8-4-12-23-17)21-11-9-14-5-1-2-7-16(14)18(21)15-6-3-10-20-13-15/h1-8,10,12-13,18H,9,11H2. The number of nitrogens with zero attached hydrogens (tertiary/aromatic N) is 2. The average molecular weight is 320 g/mol. The second kappa shape index (κ2) is 5.97. The fourth-order valence-corrected chi connectivity index (χ4v) is 3.90. The number of amides is 1. The van der Waals surface area contributed by atoms with Crippen LogP contribution in [-0.4, -0.2) is 22.3 Å². The molecule has 0 N–H and O–H groups in total. The molecule has 0 aliphatic carbocycles. The summed E-state index contributed by atoms with van der Waals surface area (Å²) in [6.07, 6.45) is 4.52. The third-order valence-electron chi connectivity index (χ3n) is 4.28. The molecule has 0 bridgehead atoms. The highest BCUT2D eigenvalue weighted by molar-refractivity contribution is 7.12. The first kappa shape index (κ1) is 14.2. The highest BCUT2D eigenvalue weighted by Gasteiger charge is 2.32. The van der Waals surface area contributed by atoms with E-state index in [-0.39, 0.29) is 11.9 Å². The Morgan fingerprint density at radius 3 is 2.83 bits per heavy atom. The van der Waals surface area contributed by atoms with Crippen molar-refractivity contribution >= 4 is 17.2 Å². The zero-order valence-electron chi connectivity index (χ0n) is 12.6. The predicted octanol–water partition coefficient (Wildman–Crippen LogP) is 3.93. The fraction of sp³-hybridized carbons (Fsp3) is 0.158. The lowest BCUT2D eigenvalue weighted by molar-refractivity contribution is 0.0699. The maximum Gasteiger partial charge on any atom is 0.264 e. The van der Waals surface area contributed by atoms with Gasteiger partial charge in [-0.1, -0.05) is 36.4 Å². The Balaban J connectivity index is 1.81. The van der Waals surface area contributed by atoms with Crippen molar-refractivity contribution in [1.29, 1.82) is 0 Å². The number of hydrogen-bond donors (Lipinski definition) is 0. The summed E-state index contributed by atoms with van der Waals surface area (Å²) in [6, 6.07) is 16.1. The number of pyridine rings is 1. The summed E-state index contributed by atoms with van der Waals surface area (Å²) in [4.78, 5) is 20.0. The Labute approximate surface area is 139 Å². The van der Waals surface area contributed by atoms with E-state index >= 15 is 0 Å². The lowest BCUT2D eigenvalue weighted by atomic mass is 9.88. The fourth-order valence-electron chi connectivity index (χ4n) is 3.22. The molecule has 4 rings (SSSR count). The van der Waals surface area contributed by atoms with Gasteiger partial charge in [-0.15, -0.1) is 11.3 Å². The first-order chi connectivity index (χ1) is 11.3. The van der Waals surface area contributed by atoms with E-state index in [1.807, 2.05) is 40.7 Å². The number of hydrogen-bond acceptors (Lipinski definition) is 3. The molecule has 1 aliphatic rings. The molecule has 23 heavy (non-hydrogen) atoms. The number of benzene rings is 1. The largest absolute Gasteiger partial charge is 0.326 e. The van der Waals surface area contributed by atoms with Gasteiger partial charge >= 0.3 is 0 Å². The number of thiophene rings is 1. The molecule has 3 heterocycles. The molecular formula is C19H16N2OS. The van der Waals surface area contributed by atoms with Crippen molar-refractivity contribution in [2.75, 3.05) is 6.54 Å². The molecule has 2 aromatic heterocycles. The molecule has 1 amide bonds. The number of fused-ring (bicyclic) bond motifs is 1. The van der Waals surface area contributed by atoms with Crippen LogP contribution in [0.4, 0.5) is 0 Å². The van der Waals surface area contributed by atoms with Gasteiger partial charge in [0.25, 0.3) is 5.91 Å². The average Bonchev–Trinajstić information content (AvgIpc) is 3.15. The van der Waals surface area contributed by atoms with Crippen molar-refractivity contribution in [2.24, 2.45) is 0 Å². The van der Waals surface area contributed by atoms with Crippen LogP contribution in [0.3, 0.4) is 0 Å². The van der Waals surface area contributed by atoms with E-state index in [0.717, 1.165) is 23.4 Å². The molecule has 4 heteroatoms. The van der Waals surface area contributed by atoms with Crippen molar-refractivity contribution in [2.45, 2.75) is 12.5 Å². The van der Waals surface area contributed by atoms with Crippen LogP contribution in [0.5, 0.6) is 0 Å². The number of aromatic nitrogens is 1. The Bertz CT molecular complexity index is 814. The second-order valence-electron chi connectivity index (χ2n) is 5.61. The van der Waals surface area contributed by atoms with E-state index in [4.69, 9.17) is 0 Å². The maximum absolute atomic E-state index is 13.0. The van der Waals surface area contributed by atoms with Crippen molar-refractivity contribution in [3.05, 3.63) is 87.9 Å².